The fourth-order valence-corrected chi connectivity index (χ4v) is 1.86. The maximum atomic E-state index is 12.8. The molecule has 1 heterocycles. The van der Waals surface area contributed by atoms with Gasteiger partial charge >= 0.3 is 0 Å². The van der Waals surface area contributed by atoms with Crippen LogP contribution < -0.4 is 10.1 Å². The molecule has 0 saturated heterocycles. The zero-order valence-corrected chi connectivity index (χ0v) is 11.8. The van der Waals surface area contributed by atoms with Gasteiger partial charge in [-0.3, -0.25) is 4.98 Å². The van der Waals surface area contributed by atoms with Crippen molar-refractivity contribution in [3.05, 3.63) is 54.1 Å². The summed E-state index contributed by atoms with van der Waals surface area (Å²) >= 11 is 0. The number of ether oxygens (including phenoxy) is 1. The summed E-state index contributed by atoms with van der Waals surface area (Å²) < 4.78 is 18.4. The van der Waals surface area contributed by atoms with Crippen molar-refractivity contribution in [1.29, 1.82) is 0 Å². The van der Waals surface area contributed by atoms with Crippen LogP contribution in [0, 0.1) is 5.82 Å². The van der Waals surface area contributed by atoms with Gasteiger partial charge in [-0.2, -0.15) is 0 Å². The lowest BCUT2D eigenvalue weighted by Crippen LogP contribution is -2.08. The minimum absolute atomic E-state index is 0.00275. The first-order valence-electron chi connectivity index (χ1n) is 6.80. The molecule has 1 N–H and O–H groups in total. The first-order chi connectivity index (χ1) is 9.69. The second-order valence-corrected chi connectivity index (χ2v) is 4.64. The molecule has 0 radical (unpaired) electrons. The number of rotatable bonds is 6. The molecule has 4 heteroatoms. The van der Waals surface area contributed by atoms with Crippen molar-refractivity contribution in [2.75, 3.05) is 11.9 Å². The predicted octanol–water partition coefficient (Wildman–Crippen LogP) is 4.18. The van der Waals surface area contributed by atoms with E-state index in [1.54, 1.807) is 6.07 Å². The Hall–Kier alpha value is -2.10. The number of benzene rings is 1. The monoisotopic (exact) mass is 274 g/mol. The Bertz CT molecular complexity index is 542. The van der Waals surface area contributed by atoms with Gasteiger partial charge in [-0.15, -0.1) is 0 Å². The normalized spacial score (nSPS) is 11.9. The molecule has 1 aromatic heterocycles. The van der Waals surface area contributed by atoms with E-state index in [1.165, 1.54) is 12.3 Å². The lowest BCUT2D eigenvalue weighted by Gasteiger charge is -2.15. The van der Waals surface area contributed by atoms with E-state index < -0.39 is 0 Å². The lowest BCUT2D eigenvalue weighted by molar-refractivity contribution is 0.317. The molecule has 106 valence electrons. The van der Waals surface area contributed by atoms with Gasteiger partial charge in [0.1, 0.15) is 11.6 Å². The number of hydrogen-bond donors (Lipinski definition) is 1. The molecule has 0 aliphatic carbocycles. The summed E-state index contributed by atoms with van der Waals surface area (Å²) in [6.45, 7) is 4.77. The van der Waals surface area contributed by atoms with Crippen LogP contribution in [0.1, 0.15) is 32.0 Å². The minimum atomic E-state index is -0.323. The van der Waals surface area contributed by atoms with Crippen LogP contribution in [-0.2, 0) is 0 Å². The van der Waals surface area contributed by atoms with Crippen molar-refractivity contribution in [2.24, 2.45) is 0 Å². The molecule has 0 amide bonds. The molecule has 20 heavy (non-hydrogen) atoms. The highest BCUT2D eigenvalue weighted by Crippen LogP contribution is 2.22. The summed E-state index contributed by atoms with van der Waals surface area (Å²) in [7, 11) is 0. The summed E-state index contributed by atoms with van der Waals surface area (Å²) in [5.74, 6) is 0.520. The largest absolute Gasteiger partial charge is 0.494 e. The van der Waals surface area contributed by atoms with Crippen molar-refractivity contribution < 1.29 is 9.13 Å². The Labute approximate surface area is 118 Å². The van der Waals surface area contributed by atoms with Crippen LogP contribution in [0.2, 0.25) is 0 Å². The number of halogens is 1. The van der Waals surface area contributed by atoms with Crippen molar-refractivity contribution in [3.8, 4) is 5.75 Å². The number of nitrogens with zero attached hydrogens (tertiary/aromatic N) is 1. The maximum absolute atomic E-state index is 12.8. The van der Waals surface area contributed by atoms with E-state index in [9.17, 15) is 4.39 Å². The zero-order chi connectivity index (χ0) is 14.4. The molecule has 0 fully saturated rings. The van der Waals surface area contributed by atoms with Crippen LogP contribution in [-0.4, -0.2) is 11.6 Å². The molecule has 1 aromatic carbocycles. The fourth-order valence-electron chi connectivity index (χ4n) is 1.86. The minimum Gasteiger partial charge on any atom is -0.494 e. The summed E-state index contributed by atoms with van der Waals surface area (Å²) in [4.78, 5) is 4.08. The third-order valence-corrected chi connectivity index (χ3v) is 2.88. The molecular formula is C16H19FN2O. The Morgan fingerprint density at radius 3 is 2.85 bits per heavy atom. The molecule has 3 nitrogen and oxygen atoms in total. The summed E-state index contributed by atoms with van der Waals surface area (Å²) in [6, 6.07) is 10.9. The molecule has 0 aliphatic heterocycles. The van der Waals surface area contributed by atoms with Gasteiger partial charge in [-0.1, -0.05) is 13.0 Å². The van der Waals surface area contributed by atoms with Crippen molar-refractivity contribution >= 4 is 5.69 Å². The third-order valence-electron chi connectivity index (χ3n) is 2.88. The number of nitrogens with one attached hydrogen (secondary N) is 1. The van der Waals surface area contributed by atoms with Gasteiger partial charge in [-0.25, -0.2) is 4.39 Å². The van der Waals surface area contributed by atoms with E-state index in [0.29, 0.717) is 6.61 Å². The molecule has 0 bridgehead atoms. The first kappa shape index (κ1) is 14.3. The lowest BCUT2D eigenvalue weighted by atomic mass is 10.2. The summed E-state index contributed by atoms with van der Waals surface area (Å²) in [6.07, 6.45) is 2.21. The van der Waals surface area contributed by atoms with Crippen LogP contribution in [0.5, 0.6) is 5.75 Å². The van der Waals surface area contributed by atoms with Crippen molar-refractivity contribution in [1.82, 2.24) is 4.98 Å². The molecule has 0 aliphatic rings. The summed E-state index contributed by atoms with van der Waals surface area (Å²) in [5.41, 5.74) is 1.75. The standard InChI is InChI=1S/C16H19FN2O/c1-3-9-20-15-6-4-5-14(10-15)19-12(2)16-8-7-13(17)11-18-16/h4-8,10-12,19H,3,9H2,1-2H3. The Morgan fingerprint density at radius 1 is 1.30 bits per heavy atom. The second kappa shape index (κ2) is 6.89. The number of aromatic nitrogens is 1. The predicted molar refractivity (Wildman–Crippen MR) is 78.5 cm³/mol. The maximum Gasteiger partial charge on any atom is 0.141 e. The Morgan fingerprint density at radius 2 is 2.15 bits per heavy atom. The smallest absolute Gasteiger partial charge is 0.141 e. The SMILES string of the molecule is CCCOc1cccc(NC(C)c2ccc(F)cn2)c1. The molecule has 0 saturated carbocycles. The van der Waals surface area contributed by atoms with Gasteiger partial charge in [0, 0.05) is 11.8 Å². The second-order valence-electron chi connectivity index (χ2n) is 4.64. The zero-order valence-electron chi connectivity index (χ0n) is 11.8. The van der Waals surface area contributed by atoms with Gasteiger partial charge < -0.3 is 10.1 Å². The van der Waals surface area contributed by atoms with Crippen LogP contribution in [0.15, 0.2) is 42.6 Å². The van der Waals surface area contributed by atoms with E-state index in [-0.39, 0.29) is 11.9 Å². The molecule has 2 aromatic rings. The topological polar surface area (TPSA) is 34.1 Å². The average Bonchev–Trinajstić information content (AvgIpc) is 2.46. The average molecular weight is 274 g/mol. The van der Waals surface area contributed by atoms with Gasteiger partial charge in [0.2, 0.25) is 0 Å². The van der Waals surface area contributed by atoms with E-state index in [4.69, 9.17) is 4.74 Å². The van der Waals surface area contributed by atoms with E-state index in [1.807, 2.05) is 31.2 Å². The fraction of sp³-hybridized carbons (Fsp3) is 0.312. The Kier molecular flexibility index (Phi) is 4.93. The van der Waals surface area contributed by atoms with Crippen LogP contribution in [0.3, 0.4) is 0 Å². The third kappa shape index (κ3) is 3.95. The van der Waals surface area contributed by atoms with Crippen LogP contribution >= 0.6 is 0 Å². The molecular weight excluding hydrogens is 255 g/mol. The first-order valence-corrected chi connectivity index (χ1v) is 6.80. The highest BCUT2D eigenvalue weighted by Gasteiger charge is 2.07. The van der Waals surface area contributed by atoms with Gasteiger partial charge in [0.25, 0.3) is 0 Å². The number of pyridine rings is 1. The molecule has 1 atom stereocenters. The molecule has 0 spiro atoms. The van der Waals surface area contributed by atoms with E-state index in [0.717, 1.165) is 23.6 Å². The van der Waals surface area contributed by atoms with Crippen molar-refractivity contribution in [3.63, 3.8) is 0 Å². The molecule has 1 unspecified atom stereocenters. The Balaban J connectivity index is 2.03. The highest BCUT2D eigenvalue weighted by atomic mass is 19.1. The van der Waals surface area contributed by atoms with E-state index >= 15 is 0 Å². The highest BCUT2D eigenvalue weighted by molar-refractivity contribution is 5.49. The van der Waals surface area contributed by atoms with Crippen molar-refractivity contribution in [2.45, 2.75) is 26.3 Å². The number of anilines is 1. The van der Waals surface area contributed by atoms with Crippen LogP contribution in [0.25, 0.3) is 0 Å². The quantitative estimate of drug-likeness (QED) is 0.858. The molecule has 2 rings (SSSR count). The summed E-state index contributed by atoms with van der Waals surface area (Å²) in [5, 5.41) is 3.33. The number of hydrogen-bond acceptors (Lipinski definition) is 3. The van der Waals surface area contributed by atoms with E-state index in [2.05, 4.69) is 17.2 Å². The van der Waals surface area contributed by atoms with Gasteiger partial charge in [-0.05, 0) is 37.6 Å². The van der Waals surface area contributed by atoms with Gasteiger partial charge in [0.15, 0.2) is 0 Å². The van der Waals surface area contributed by atoms with Gasteiger partial charge in [0.05, 0.1) is 24.5 Å². The van der Waals surface area contributed by atoms with Crippen LogP contribution in [0.4, 0.5) is 10.1 Å².